The van der Waals surface area contributed by atoms with Crippen LogP contribution in [0.2, 0.25) is 0 Å². The molecular weight excluding hydrogens is 309 g/mol. The largest absolute Gasteiger partial charge is 0.489 e. The molecule has 1 fully saturated rings. The smallest absolute Gasteiger partial charge is 0.253 e. The fourth-order valence-electron chi connectivity index (χ4n) is 2.87. The molecule has 1 saturated heterocycles. The lowest BCUT2D eigenvalue weighted by Gasteiger charge is -2.16. The number of amides is 1. The van der Waals surface area contributed by atoms with Crippen LogP contribution in [0.5, 0.6) is 5.75 Å². The second-order valence-corrected chi connectivity index (χ2v) is 6.03. The fourth-order valence-corrected chi connectivity index (χ4v) is 2.87. The first-order valence-electron chi connectivity index (χ1n) is 8.03. The SMILES string of the molecule is O=C(c1cccc(COc2cccc(F)c2)c1)N1CCC(CO)C1. The highest BCUT2D eigenvalue weighted by Gasteiger charge is 2.26. The van der Waals surface area contributed by atoms with Gasteiger partial charge in [0.1, 0.15) is 18.2 Å². The summed E-state index contributed by atoms with van der Waals surface area (Å²) < 4.78 is 18.7. The van der Waals surface area contributed by atoms with Crippen LogP contribution in [0.1, 0.15) is 22.3 Å². The molecule has 1 heterocycles. The summed E-state index contributed by atoms with van der Waals surface area (Å²) >= 11 is 0. The van der Waals surface area contributed by atoms with Crippen LogP contribution in [0.15, 0.2) is 48.5 Å². The summed E-state index contributed by atoms with van der Waals surface area (Å²) in [5.41, 5.74) is 1.46. The van der Waals surface area contributed by atoms with E-state index in [9.17, 15) is 14.3 Å². The maximum atomic E-state index is 13.1. The lowest BCUT2D eigenvalue weighted by atomic mass is 10.1. The highest BCUT2D eigenvalue weighted by Crippen LogP contribution is 2.19. The molecule has 5 heteroatoms. The first-order chi connectivity index (χ1) is 11.7. The van der Waals surface area contributed by atoms with E-state index >= 15 is 0 Å². The minimum Gasteiger partial charge on any atom is -0.489 e. The summed E-state index contributed by atoms with van der Waals surface area (Å²) in [7, 11) is 0. The van der Waals surface area contributed by atoms with Crippen molar-refractivity contribution >= 4 is 5.91 Å². The molecule has 4 nitrogen and oxygen atoms in total. The van der Waals surface area contributed by atoms with E-state index in [1.165, 1.54) is 12.1 Å². The summed E-state index contributed by atoms with van der Waals surface area (Å²) in [6.45, 7) is 1.66. The molecule has 0 spiro atoms. The van der Waals surface area contributed by atoms with E-state index in [0.29, 0.717) is 24.4 Å². The third-order valence-electron chi connectivity index (χ3n) is 4.21. The van der Waals surface area contributed by atoms with Crippen molar-refractivity contribution < 1.29 is 19.0 Å². The van der Waals surface area contributed by atoms with Gasteiger partial charge in [0.2, 0.25) is 0 Å². The average Bonchev–Trinajstić information content (AvgIpc) is 3.09. The van der Waals surface area contributed by atoms with Crippen molar-refractivity contribution in [2.45, 2.75) is 13.0 Å². The van der Waals surface area contributed by atoms with Gasteiger partial charge in [0.25, 0.3) is 5.91 Å². The summed E-state index contributed by atoms with van der Waals surface area (Å²) in [5.74, 6) is 0.257. The van der Waals surface area contributed by atoms with Crippen LogP contribution in [0.3, 0.4) is 0 Å². The summed E-state index contributed by atoms with van der Waals surface area (Å²) in [6.07, 6.45) is 0.838. The van der Waals surface area contributed by atoms with Gasteiger partial charge in [0.15, 0.2) is 0 Å². The lowest BCUT2D eigenvalue weighted by Crippen LogP contribution is -2.29. The van der Waals surface area contributed by atoms with Crippen LogP contribution in [0, 0.1) is 11.7 Å². The second kappa shape index (κ2) is 7.45. The van der Waals surface area contributed by atoms with Crippen LogP contribution in [0.25, 0.3) is 0 Å². The van der Waals surface area contributed by atoms with Crippen molar-refractivity contribution in [3.8, 4) is 5.75 Å². The molecule has 1 aliphatic rings. The molecule has 0 radical (unpaired) electrons. The van der Waals surface area contributed by atoms with Crippen LogP contribution in [-0.4, -0.2) is 35.6 Å². The number of rotatable bonds is 5. The Morgan fingerprint density at radius 2 is 2.08 bits per heavy atom. The minimum atomic E-state index is -0.344. The van der Waals surface area contributed by atoms with Gasteiger partial charge in [-0.1, -0.05) is 18.2 Å². The van der Waals surface area contributed by atoms with Crippen molar-refractivity contribution in [1.29, 1.82) is 0 Å². The van der Waals surface area contributed by atoms with Gasteiger partial charge in [-0.25, -0.2) is 4.39 Å². The van der Waals surface area contributed by atoms with Gasteiger partial charge < -0.3 is 14.7 Å². The third-order valence-corrected chi connectivity index (χ3v) is 4.21. The number of carbonyl (C=O) groups excluding carboxylic acids is 1. The van der Waals surface area contributed by atoms with E-state index in [-0.39, 0.29) is 30.9 Å². The Bertz CT molecular complexity index is 719. The standard InChI is InChI=1S/C19H20FNO3/c20-17-5-2-6-18(10-17)24-13-14-3-1-4-16(9-14)19(23)21-8-7-15(11-21)12-22/h1-6,9-10,15,22H,7-8,11-13H2. The quantitative estimate of drug-likeness (QED) is 0.918. The number of benzene rings is 2. The Labute approximate surface area is 140 Å². The summed E-state index contributed by atoms with van der Waals surface area (Å²) in [6, 6.07) is 13.2. The monoisotopic (exact) mass is 329 g/mol. The van der Waals surface area contributed by atoms with Gasteiger partial charge in [-0.3, -0.25) is 4.79 Å². The molecule has 0 aromatic heterocycles. The Hall–Kier alpha value is -2.40. The zero-order valence-corrected chi connectivity index (χ0v) is 13.3. The van der Waals surface area contributed by atoms with Crippen molar-refractivity contribution in [2.75, 3.05) is 19.7 Å². The highest BCUT2D eigenvalue weighted by molar-refractivity contribution is 5.94. The maximum absolute atomic E-state index is 13.1. The van der Waals surface area contributed by atoms with E-state index in [2.05, 4.69) is 0 Å². The van der Waals surface area contributed by atoms with Gasteiger partial charge in [-0.05, 0) is 36.2 Å². The highest BCUT2D eigenvalue weighted by atomic mass is 19.1. The maximum Gasteiger partial charge on any atom is 0.253 e. The molecule has 1 amide bonds. The topological polar surface area (TPSA) is 49.8 Å². The molecule has 0 aliphatic carbocycles. The van der Waals surface area contributed by atoms with Gasteiger partial charge >= 0.3 is 0 Å². The number of halogens is 1. The van der Waals surface area contributed by atoms with Crippen LogP contribution >= 0.6 is 0 Å². The van der Waals surface area contributed by atoms with Crippen LogP contribution in [-0.2, 0) is 6.61 Å². The number of nitrogens with zero attached hydrogens (tertiary/aromatic N) is 1. The van der Waals surface area contributed by atoms with Gasteiger partial charge in [0.05, 0.1) is 0 Å². The molecule has 0 bridgehead atoms. The molecular formula is C19H20FNO3. The van der Waals surface area contributed by atoms with E-state index in [1.54, 1.807) is 29.2 Å². The number of carbonyl (C=O) groups is 1. The van der Waals surface area contributed by atoms with Crippen molar-refractivity contribution in [3.05, 3.63) is 65.5 Å². The predicted molar refractivity (Wildman–Crippen MR) is 88.3 cm³/mol. The van der Waals surface area contributed by atoms with Crippen LogP contribution in [0.4, 0.5) is 4.39 Å². The van der Waals surface area contributed by atoms with Crippen LogP contribution < -0.4 is 4.74 Å². The second-order valence-electron chi connectivity index (χ2n) is 6.03. The number of hydrogen-bond acceptors (Lipinski definition) is 3. The molecule has 2 aromatic rings. The van der Waals surface area contributed by atoms with Gasteiger partial charge in [-0.15, -0.1) is 0 Å². The lowest BCUT2D eigenvalue weighted by molar-refractivity contribution is 0.0781. The number of hydrogen-bond donors (Lipinski definition) is 1. The summed E-state index contributed by atoms with van der Waals surface area (Å²) in [4.78, 5) is 14.3. The Kier molecular flexibility index (Phi) is 5.11. The number of aliphatic hydroxyl groups excluding tert-OH is 1. The number of aliphatic hydroxyl groups is 1. The molecule has 1 unspecified atom stereocenters. The molecule has 126 valence electrons. The van der Waals surface area contributed by atoms with E-state index in [4.69, 9.17) is 4.74 Å². The normalized spacial score (nSPS) is 17.1. The first-order valence-corrected chi connectivity index (χ1v) is 8.03. The third kappa shape index (κ3) is 3.92. The number of ether oxygens (including phenoxy) is 1. The molecule has 0 saturated carbocycles. The van der Waals surface area contributed by atoms with Gasteiger partial charge in [-0.2, -0.15) is 0 Å². The molecule has 1 aliphatic heterocycles. The molecule has 1 atom stereocenters. The van der Waals surface area contributed by atoms with E-state index in [0.717, 1.165) is 12.0 Å². The fraction of sp³-hybridized carbons (Fsp3) is 0.316. The zero-order valence-electron chi connectivity index (χ0n) is 13.3. The predicted octanol–water partition coefficient (Wildman–Crippen LogP) is 2.86. The van der Waals surface area contributed by atoms with Crippen molar-refractivity contribution in [1.82, 2.24) is 4.90 Å². The van der Waals surface area contributed by atoms with Gasteiger partial charge in [0, 0.05) is 37.2 Å². The van der Waals surface area contributed by atoms with E-state index < -0.39 is 0 Å². The Balaban J connectivity index is 1.64. The van der Waals surface area contributed by atoms with E-state index in [1.807, 2.05) is 12.1 Å². The Morgan fingerprint density at radius 1 is 1.25 bits per heavy atom. The molecule has 1 N–H and O–H groups in total. The van der Waals surface area contributed by atoms with Crippen molar-refractivity contribution in [2.24, 2.45) is 5.92 Å². The minimum absolute atomic E-state index is 0.0291. The zero-order chi connectivity index (χ0) is 16.9. The molecule has 2 aromatic carbocycles. The average molecular weight is 329 g/mol. The summed E-state index contributed by atoms with van der Waals surface area (Å²) in [5, 5.41) is 9.20. The first kappa shape index (κ1) is 16.5. The molecule has 24 heavy (non-hydrogen) atoms. The molecule has 3 rings (SSSR count). The van der Waals surface area contributed by atoms with Crippen molar-refractivity contribution in [3.63, 3.8) is 0 Å². The Morgan fingerprint density at radius 3 is 2.83 bits per heavy atom. The number of likely N-dealkylation sites (tertiary alicyclic amines) is 1.